The van der Waals surface area contributed by atoms with E-state index in [-0.39, 0.29) is 11.9 Å². The molecule has 1 aliphatic heterocycles. The van der Waals surface area contributed by atoms with Gasteiger partial charge in [0, 0.05) is 35.7 Å². The third kappa shape index (κ3) is 3.22. The Morgan fingerprint density at radius 3 is 3.00 bits per heavy atom. The monoisotopic (exact) mass is 271 g/mol. The van der Waals surface area contributed by atoms with E-state index in [1.807, 2.05) is 0 Å². The number of rotatable bonds is 4. The lowest BCUT2D eigenvalue weighted by Gasteiger charge is -2.21. The number of benzene rings is 1. The molecule has 0 amide bonds. The van der Waals surface area contributed by atoms with E-state index in [9.17, 15) is 4.39 Å². The van der Waals surface area contributed by atoms with E-state index in [4.69, 9.17) is 16.3 Å². The summed E-state index contributed by atoms with van der Waals surface area (Å²) in [6, 6.07) is 5.08. The molecule has 2 rings (SSSR count). The van der Waals surface area contributed by atoms with E-state index < -0.39 is 0 Å². The first-order chi connectivity index (χ1) is 8.58. The highest BCUT2D eigenvalue weighted by Crippen LogP contribution is 2.36. The zero-order valence-electron chi connectivity index (χ0n) is 10.7. The average Bonchev–Trinajstić information content (AvgIpc) is 2.77. The van der Waals surface area contributed by atoms with E-state index in [1.54, 1.807) is 12.1 Å². The van der Waals surface area contributed by atoms with Crippen LogP contribution in [0.25, 0.3) is 0 Å². The Morgan fingerprint density at radius 2 is 2.28 bits per heavy atom. The summed E-state index contributed by atoms with van der Waals surface area (Å²) >= 11 is 5.93. The summed E-state index contributed by atoms with van der Waals surface area (Å²) < 4.78 is 19.5. The number of halogens is 2. The highest BCUT2D eigenvalue weighted by molar-refractivity contribution is 6.30. The highest BCUT2D eigenvalue weighted by atomic mass is 35.5. The highest BCUT2D eigenvalue weighted by Gasteiger charge is 2.31. The maximum Gasteiger partial charge on any atom is 0.129 e. The Kier molecular flexibility index (Phi) is 4.60. The van der Waals surface area contributed by atoms with Crippen LogP contribution in [0.4, 0.5) is 4.39 Å². The second kappa shape index (κ2) is 6.00. The number of ether oxygens (including phenoxy) is 1. The fourth-order valence-corrected chi connectivity index (χ4v) is 2.49. The molecule has 0 aromatic heterocycles. The van der Waals surface area contributed by atoms with Gasteiger partial charge in [-0.2, -0.15) is 0 Å². The number of hydrogen-bond acceptors (Lipinski definition) is 2. The fourth-order valence-electron chi connectivity index (χ4n) is 2.31. The first-order valence-electron chi connectivity index (χ1n) is 6.38. The molecule has 4 heteroatoms. The second-order valence-corrected chi connectivity index (χ2v) is 5.51. The standard InChI is InChI=1S/C14H19ClFNO/c1-9(2)17-8-10-5-6-18-14(10)12-7-11(15)3-4-13(12)16/h3-4,7,9-10,14,17H,5-6,8H2,1-2H3. The van der Waals surface area contributed by atoms with Gasteiger partial charge < -0.3 is 10.1 Å². The minimum Gasteiger partial charge on any atom is -0.373 e. The predicted molar refractivity (Wildman–Crippen MR) is 71.3 cm³/mol. The van der Waals surface area contributed by atoms with Crippen LogP contribution in [-0.4, -0.2) is 19.2 Å². The van der Waals surface area contributed by atoms with Crippen molar-refractivity contribution in [1.82, 2.24) is 5.32 Å². The van der Waals surface area contributed by atoms with Gasteiger partial charge in [0.05, 0.1) is 6.10 Å². The third-order valence-electron chi connectivity index (χ3n) is 3.27. The summed E-state index contributed by atoms with van der Waals surface area (Å²) in [4.78, 5) is 0. The van der Waals surface area contributed by atoms with Gasteiger partial charge in [-0.25, -0.2) is 4.39 Å². The molecule has 1 saturated heterocycles. The molecule has 0 aliphatic carbocycles. The fraction of sp³-hybridized carbons (Fsp3) is 0.571. The van der Waals surface area contributed by atoms with Crippen LogP contribution in [0.5, 0.6) is 0 Å². The van der Waals surface area contributed by atoms with Crippen LogP contribution in [0, 0.1) is 11.7 Å². The molecule has 2 nitrogen and oxygen atoms in total. The van der Waals surface area contributed by atoms with Gasteiger partial charge in [-0.05, 0) is 24.6 Å². The zero-order valence-corrected chi connectivity index (χ0v) is 11.5. The molecule has 0 radical (unpaired) electrons. The van der Waals surface area contributed by atoms with E-state index >= 15 is 0 Å². The molecule has 1 heterocycles. The lowest BCUT2D eigenvalue weighted by molar-refractivity contribution is 0.0871. The van der Waals surface area contributed by atoms with Gasteiger partial charge in [-0.3, -0.25) is 0 Å². The van der Waals surface area contributed by atoms with E-state index in [2.05, 4.69) is 19.2 Å². The van der Waals surface area contributed by atoms with Gasteiger partial charge in [0.15, 0.2) is 0 Å². The van der Waals surface area contributed by atoms with Crippen molar-refractivity contribution in [3.63, 3.8) is 0 Å². The average molecular weight is 272 g/mol. The molecule has 1 aliphatic rings. The SMILES string of the molecule is CC(C)NCC1CCOC1c1cc(Cl)ccc1F. The molecule has 100 valence electrons. The minimum atomic E-state index is -0.235. The van der Waals surface area contributed by atoms with Gasteiger partial charge in [-0.15, -0.1) is 0 Å². The lowest BCUT2D eigenvalue weighted by Crippen LogP contribution is -2.30. The van der Waals surface area contributed by atoms with Crippen molar-refractivity contribution in [3.05, 3.63) is 34.6 Å². The van der Waals surface area contributed by atoms with Crippen LogP contribution in [0.1, 0.15) is 31.9 Å². The molecule has 1 fully saturated rings. The van der Waals surface area contributed by atoms with Gasteiger partial charge in [0.25, 0.3) is 0 Å². The second-order valence-electron chi connectivity index (χ2n) is 5.07. The van der Waals surface area contributed by atoms with Crippen LogP contribution in [0.3, 0.4) is 0 Å². The smallest absolute Gasteiger partial charge is 0.129 e. The first-order valence-corrected chi connectivity index (χ1v) is 6.75. The Bertz CT molecular complexity index is 411. The number of nitrogens with one attached hydrogen (secondary N) is 1. The number of hydrogen-bond donors (Lipinski definition) is 1. The van der Waals surface area contributed by atoms with Gasteiger partial charge >= 0.3 is 0 Å². The molecule has 18 heavy (non-hydrogen) atoms. The Balaban J connectivity index is 2.13. The summed E-state index contributed by atoms with van der Waals surface area (Å²) in [5, 5.41) is 3.94. The van der Waals surface area contributed by atoms with Crippen molar-refractivity contribution in [2.75, 3.05) is 13.2 Å². The Labute approximate surface area is 112 Å². The molecule has 2 atom stereocenters. The molecular weight excluding hydrogens is 253 g/mol. The molecular formula is C14H19ClFNO. The topological polar surface area (TPSA) is 21.3 Å². The maximum atomic E-state index is 13.8. The van der Waals surface area contributed by atoms with Crippen molar-refractivity contribution in [3.8, 4) is 0 Å². The largest absolute Gasteiger partial charge is 0.373 e. The van der Waals surface area contributed by atoms with Crippen LogP contribution >= 0.6 is 11.6 Å². The van der Waals surface area contributed by atoms with Crippen LogP contribution in [0.2, 0.25) is 5.02 Å². The molecule has 0 saturated carbocycles. The molecule has 0 bridgehead atoms. The van der Waals surface area contributed by atoms with Crippen LogP contribution in [0.15, 0.2) is 18.2 Å². The van der Waals surface area contributed by atoms with Crippen molar-refractivity contribution < 1.29 is 9.13 Å². The Morgan fingerprint density at radius 1 is 1.50 bits per heavy atom. The van der Waals surface area contributed by atoms with Gasteiger partial charge in [0.2, 0.25) is 0 Å². The van der Waals surface area contributed by atoms with Crippen molar-refractivity contribution in [2.45, 2.75) is 32.4 Å². The summed E-state index contributed by atoms with van der Waals surface area (Å²) in [5.74, 6) is 0.0706. The minimum absolute atomic E-state index is 0.185. The van der Waals surface area contributed by atoms with Gasteiger partial charge in [-0.1, -0.05) is 25.4 Å². The third-order valence-corrected chi connectivity index (χ3v) is 3.50. The summed E-state index contributed by atoms with van der Waals surface area (Å²) in [6.07, 6.45) is 0.769. The molecule has 2 unspecified atom stereocenters. The van der Waals surface area contributed by atoms with E-state index in [0.29, 0.717) is 29.2 Å². The summed E-state index contributed by atoms with van der Waals surface area (Å²) in [6.45, 7) is 5.73. The zero-order chi connectivity index (χ0) is 13.1. The maximum absolute atomic E-state index is 13.8. The summed E-state index contributed by atoms with van der Waals surface area (Å²) in [7, 11) is 0. The van der Waals surface area contributed by atoms with E-state index in [1.165, 1.54) is 6.07 Å². The van der Waals surface area contributed by atoms with Crippen molar-refractivity contribution >= 4 is 11.6 Å². The molecule has 1 aromatic rings. The quantitative estimate of drug-likeness (QED) is 0.904. The first kappa shape index (κ1) is 13.8. The molecule has 0 spiro atoms. The summed E-state index contributed by atoms with van der Waals surface area (Å²) in [5.41, 5.74) is 0.579. The Hall–Kier alpha value is -0.640. The molecule has 1 N–H and O–H groups in total. The van der Waals surface area contributed by atoms with E-state index in [0.717, 1.165) is 13.0 Å². The van der Waals surface area contributed by atoms with Crippen molar-refractivity contribution in [1.29, 1.82) is 0 Å². The van der Waals surface area contributed by atoms with Crippen LogP contribution in [-0.2, 0) is 4.74 Å². The van der Waals surface area contributed by atoms with Crippen molar-refractivity contribution in [2.24, 2.45) is 5.92 Å². The lowest BCUT2D eigenvalue weighted by atomic mass is 9.94. The predicted octanol–water partition coefficient (Wildman–Crippen LogP) is 3.55. The van der Waals surface area contributed by atoms with Crippen LogP contribution < -0.4 is 5.32 Å². The normalized spacial score (nSPS) is 23.8. The molecule has 1 aromatic carbocycles. The van der Waals surface area contributed by atoms with Gasteiger partial charge in [0.1, 0.15) is 5.82 Å².